The third-order valence-corrected chi connectivity index (χ3v) is 3.18. The minimum absolute atomic E-state index is 0.184. The van der Waals surface area contributed by atoms with Crippen LogP contribution in [-0.4, -0.2) is 18.5 Å². The number of nitrogens with one attached hydrogen (secondary N) is 1. The summed E-state index contributed by atoms with van der Waals surface area (Å²) in [7, 11) is 0. The number of rotatable bonds is 6. The maximum Gasteiger partial charge on any atom is 0.220 e. The Balaban J connectivity index is 2.16. The lowest BCUT2D eigenvalue weighted by atomic mass is 10.0. The van der Waals surface area contributed by atoms with Crippen LogP contribution >= 0.6 is 0 Å². The largest absolute Gasteiger partial charge is 0.353 e. The van der Waals surface area contributed by atoms with Crippen molar-refractivity contribution in [2.75, 3.05) is 6.54 Å². The predicted molar refractivity (Wildman–Crippen MR) is 57.8 cm³/mol. The second-order valence-corrected chi connectivity index (χ2v) is 4.29. The molecule has 1 saturated carbocycles. The van der Waals surface area contributed by atoms with Crippen LogP contribution in [0, 0.1) is 11.8 Å². The van der Waals surface area contributed by atoms with Crippen molar-refractivity contribution >= 4 is 5.91 Å². The van der Waals surface area contributed by atoms with Crippen molar-refractivity contribution in [2.45, 2.75) is 45.6 Å². The quantitative estimate of drug-likeness (QED) is 0.675. The van der Waals surface area contributed by atoms with E-state index in [2.05, 4.69) is 19.2 Å². The summed E-state index contributed by atoms with van der Waals surface area (Å²) in [5.41, 5.74) is 5.55. The molecule has 82 valence electrons. The van der Waals surface area contributed by atoms with Crippen LogP contribution < -0.4 is 11.1 Å². The SMILES string of the molecule is CCC(CN)CC(=O)NC1CC1CC. The summed E-state index contributed by atoms with van der Waals surface area (Å²) in [4.78, 5) is 11.5. The van der Waals surface area contributed by atoms with Gasteiger partial charge in [-0.1, -0.05) is 26.7 Å². The van der Waals surface area contributed by atoms with Gasteiger partial charge in [-0.3, -0.25) is 4.79 Å². The first-order valence-corrected chi connectivity index (χ1v) is 5.70. The van der Waals surface area contributed by atoms with Gasteiger partial charge in [0.15, 0.2) is 0 Å². The van der Waals surface area contributed by atoms with Crippen molar-refractivity contribution in [1.29, 1.82) is 0 Å². The molecule has 0 aromatic heterocycles. The topological polar surface area (TPSA) is 55.1 Å². The molecular formula is C11H22N2O. The van der Waals surface area contributed by atoms with Gasteiger partial charge < -0.3 is 11.1 Å². The summed E-state index contributed by atoms with van der Waals surface area (Å²) in [6.45, 7) is 4.87. The molecule has 1 aliphatic carbocycles. The van der Waals surface area contributed by atoms with Gasteiger partial charge in [-0.25, -0.2) is 0 Å². The highest BCUT2D eigenvalue weighted by molar-refractivity contribution is 5.76. The fraction of sp³-hybridized carbons (Fsp3) is 0.909. The third-order valence-electron chi connectivity index (χ3n) is 3.18. The maximum atomic E-state index is 11.5. The molecule has 1 amide bonds. The normalized spacial score (nSPS) is 27.1. The Morgan fingerprint density at radius 3 is 2.71 bits per heavy atom. The fourth-order valence-electron chi connectivity index (χ4n) is 1.80. The Morgan fingerprint density at radius 1 is 1.57 bits per heavy atom. The first kappa shape index (κ1) is 11.5. The summed E-state index contributed by atoms with van der Waals surface area (Å²) in [6.07, 6.45) is 3.94. The predicted octanol–water partition coefficient (Wildman–Crippen LogP) is 1.28. The van der Waals surface area contributed by atoms with Crippen LogP contribution in [0.15, 0.2) is 0 Å². The molecule has 3 heteroatoms. The minimum atomic E-state index is 0.184. The number of carbonyl (C=O) groups is 1. The number of nitrogens with two attached hydrogens (primary N) is 1. The minimum Gasteiger partial charge on any atom is -0.353 e. The lowest BCUT2D eigenvalue weighted by molar-refractivity contribution is -0.122. The smallest absolute Gasteiger partial charge is 0.220 e. The molecule has 3 nitrogen and oxygen atoms in total. The van der Waals surface area contributed by atoms with Gasteiger partial charge in [-0.2, -0.15) is 0 Å². The highest BCUT2D eigenvalue weighted by atomic mass is 16.1. The van der Waals surface area contributed by atoms with Crippen LogP contribution in [-0.2, 0) is 4.79 Å². The van der Waals surface area contributed by atoms with Crippen molar-refractivity contribution in [3.05, 3.63) is 0 Å². The zero-order chi connectivity index (χ0) is 10.6. The molecule has 3 unspecified atom stereocenters. The molecule has 0 aromatic rings. The lowest BCUT2D eigenvalue weighted by Gasteiger charge is -2.11. The molecule has 1 fully saturated rings. The summed E-state index contributed by atoms with van der Waals surface area (Å²) >= 11 is 0. The van der Waals surface area contributed by atoms with E-state index in [0.717, 1.165) is 12.3 Å². The molecule has 14 heavy (non-hydrogen) atoms. The Kier molecular flexibility index (Phi) is 4.39. The second kappa shape index (κ2) is 5.35. The van der Waals surface area contributed by atoms with Gasteiger partial charge in [-0.15, -0.1) is 0 Å². The zero-order valence-corrected chi connectivity index (χ0v) is 9.25. The van der Waals surface area contributed by atoms with Gasteiger partial charge in [0.25, 0.3) is 0 Å². The molecule has 0 aromatic carbocycles. The van der Waals surface area contributed by atoms with Gasteiger partial charge in [0.2, 0.25) is 5.91 Å². The number of amides is 1. The maximum absolute atomic E-state index is 11.5. The molecule has 0 bridgehead atoms. The monoisotopic (exact) mass is 198 g/mol. The van der Waals surface area contributed by atoms with Gasteiger partial charge in [0.1, 0.15) is 0 Å². The van der Waals surface area contributed by atoms with Gasteiger partial charge in [0.05, 0.1) is 0 Å². The van der Waals surface area contributed by atoms with Crippen molar-refractivity contribution < 1.29 is 4.79 Å². The van der Waals surface area contributed by atoms with E-state index in [4.69, 9.17) is 5.73 Å². The van der Waals surface area contributed by atoms with Gasteiger partial charge in [-0.05, 0) is 24.8 Å². The van der Waals surface area contributed by atoms with Crippen molar-refractivity contribution in [2.24, 2.45) is 17.6 Å². The first-order chi connectivity index (χ1) is 6.71. The van der Waals surface area contributed by atoms with Gasteiger partial charge >= 0.3 is 0 Å². The van der Waals surface area contributed by atoms with E-state index in [0.29, 0.717) is 24.9 Å². The Bertz CT molecular complexity index is 190. The third kappa shape index (κ3) is 3.29. The number of hydrogen-bond acceptors (Lipinski definition) is 2. The van der Waals surface area contributed by atoms with Crippen molar-refractivity contribution in [3.8, 4) is 0 Å². The Morgan fingerprint density at radius 2 is 2.29 bits per heavy atom. The Labute approximate surface area is 86.4 Å². The molecule has 0 saturated heterocycles. The van der Waals surface area contributed by atoms with E-state index in [9.17, 15) is 4.79 Å². The van der Waals surface area contributed by atoms with Crippen molar-refractivity contribution in [1.82, 2.24) is 5.32 Å². The first-order valence-electron chi connectivity index (χ1n) is 5.70. The average Bonchev–Trinajstić information content (AvgIpc) is 2.92. The average molecular weight is 198 g/mol. The molecule has 1 rings (SSSR count). The summed E-state index contributed by atoms with van der Waals surface area (Å²) in [6, 6.07) is 0.461. The van der Waals surface area contributed by atoms with Crippen LogP contribution in [0.2, 0.25) is 0 Å². The summed E-state index contributed by atoms with van der Waals surface area (Å²) < 4.78 is 0. The molecule has 3 N–H and O–H groups in total. The van der Waals surface area contributed by atoms with E-state index in [1.807, 2.05) is 0 Å². The van der Waals surface area contributed by atoms with E-state index >= 15 is 0 Å². The molecule has 3 atom stereocenters. The van der Waals surface area contributed by atoms with Crippen LogP contribution in [0.1, 0.15) is 39.5 Å². The summed E-state index contributed by atoms with van der Waals surface area (Å²) in [5.74, 6) is 1.27. The Hall–Kier alpha value is -0.570. The molecule has 0 radical (unpaired) electrons. The zero-order valence-electron chi connectivity index (χ0n) is 9.25. The highest BCUT2D eigenvalue weighted by Crippen LogP contribution is 2.33. The van der Waals surface area contributed by atoms with E-state index in [1.54, 1.807) is 0 Å². The van der Waals surface area contributed by atoms with Crippen LogP contribution in [0.5, 0.6) is 0 Å². The number of carbonyl (C=O) groups excluding carboxylic acids is 1. The molecule has 0 heterocycles. The lowest BCUT2D eigenvalue weighted by Crippen LogP contribution is -2.30. The van der Waals surface area contributed by atoms with Crippen LogP contribution in [0.4, 0.5) is 0 Å². The molecule has 0 aliphatic heterocycles. The van der Waals surface area contributed by atoms with E-state index in [-0.39, 0.29) is 5.91 Å². The fourth-order valence-corrected chi connectivity index (χ4v) is 1.80. The molecule has 1 aliphatic rings. The van der Waals surface area contributed by atoms with E-state index in [1.165, 1.54) is 12.8 Å². The van der Waals surface area contributed by atoms with Gasteiger partial charge in [0, 0.05) is 12.5 Å². The molecule has 0 spiro atoms. The van der Waals surface area contributed by atoms with Crippen LogP contribution in [0.3, 0.4) is 0 Å². The van der Waals surface area contributed by atoms with Crippen LogP contribution in [0.25, 0.3) is 0 Å². The number of hydrogen-bond donors (Lipinski definition) is 2. The molecular weight excluding hydrogens is 176 g/mol. The van der Waals surface area contributed by atoms with E-state index < -0.39 is 0 Å². The highest BCUT2D eigenvalue weighted by Gasteiger charge is 2.36. The van der Waals surface area contributed by atoms with Crippen molar-refractivity contribution in [3.63, 3.8) is 0 Å². The second-order valence-electron chi connectivity index (χ2n) is 4.29. The standard InChI is InChI=1S/C11H22N2O/c1-3-8(7-12)5-11(14)13-10-6-9(10)4-2/h8-10H,3-7,12H2,1-2H3,(H,13,14). The summed E-state index contributed by atoms with van der Waals surface area (Å²) in [5, 5.41) is 3.06.